The molecule has 5 nitrogen and oxygen atoms in total. The fourth-order valence-corrected chi connectivity index (χ4v) is 2.16. The van der Waals surface area contributed by atoms with E-state index in [-0.39, 0.29) is 12.7 Å². The van der Waals surface area contributed by atoms with Gasteiger partial charge in [-0.2, -0.15) is 0 Å². The maximum absolute atomic E-state index is 9.20. The molecule has 2 heterocycles. The molecule has 5 heteroatoms. The first-order valence-electron chi connectivity index (χ1n) is 6.43. The van der Waals surface area contributed by atoms with Gasteiger partial charge < -0.3 is 20.1 Å². The molecule has 1 aliphatic heterocycles. The number of pyridine rings is 1. The third-order valence-electron chi connectivity index (χ3n) is 3.14. The van der Waals surface area contributed by atoms with Gasteiger partial charge in [0.1, 0.15) is 5.82 Å². The van der Waals surface area contributed by atoms with E-state index in [4.69, 9.17) is 4.74 Å². The van der Waals surface area contributed by atoms with Crippen molar-refractivity contribution in [2.45, 2.75) is 26.0 Å². The first kappa shape index (κ1) is 13.1. The van der Waals surface area contributed by atoms with Crippen LogP contribution in [0.25, 0.3) is 0 Å². The second kappa shape index (κ2) is 6.02. The Kier molecular flexibility index (Phi) is 4.38. The molecule has 100 valence electrons. The molecule has 0 spiro atoms. The predicted octanol–water partition coefficient (Wildman–Crippen LogP) is 1.10. The highest BCUT2D eigenvalue weighted by molar-refractivity contribution is 5.54. The van der Waals surface area contributed by atoms with E-state index in [1.54, 1.807) is 0 Å². The molecule has 2 N–H and O–H groups in total. The summed E-state index contributed by atoms with van der Waals surface area (Å²) >= 11 is 0. The number of aromatic nitrogens is 1. The third-order valence-corrected chi connectivity index (χ3v) is 3.14. The molecule has 0 amide bonds. The topological polar surface area (TPSA) is 57.6 Å². The average molecular weight is 251 g/mol. The zero-order valence-electron chi connectivity index (χ0n) is 11.0. The Bertz CT molecular complexity index is 386. The van der Waals surface area contributed by atoms with Crippen molar-refractivity contribution in [3.05, 3.63) is 18.3 Å². The van der Waals surface area contributed by atoms with Gasteiger partial charge in [0.25, 0.3) is 0 Å². The molecule has 0 aromatic carbocycles. The highest BCUT2D eigenvalue weighted by atomic mass is 16.5. The summed E-state index contributed by atoms with van der Waals surface area (Å²) in [4.78, 5) is 6.53. The van der Waals surface area contributed by atoms with Crippen LogP contribution in [0.1, 0.15) is 13.8 Å². The van der Waals surface area contributed by atoms with E-state index in [2.05, 4.69) is 22.1 Å². The maximum atomic E-state index is 9.20. The zero-order valence-corrected chi connectivity index (χ0v) is 11.0. The molecule has 2 unspecified atom stereocenters. The van der Waals surface area contributed by atoms with Crippen LogP contribution < -0.4 is 10.2 Å². The van der Waals surface area contributed by atoms with Crippen molar-refractivity contribution in [2.24, 2.45) is 0 Å². The Hall–Kier alpha value is -1.33. The maximum Gasteiger partial charge on any atom is 0.127 e. The number of morpholine rings is 1. The molecule has 0 saturated carbocycles. The predicted molar refractivity (Wildman–Crippen MR) is 72.0 cm³/mol. The number of ether oxygens (including phenoxy) is 1. The lowest BCUT2D eigenvalue weighted by Gasteiger charge is -2.39. The van der Waals surface area contributed by atoms with Gasteiger partial charge in [0.2, 0.25) is 0 Å². The van der Waals surface area contributed by atoms with E-state index >= 15 is 0 Å². The first-order chi connectivity index (χ1) is 8.74. The van der Waals surface area contributed by atoms with E-state index < -0.39 is 0 Å². The summed E-state index contributed by atoms with van der Waals surface area (Å²) in [7, 11) is 0. The Balaban J connectivity index is 2.15. The van der Waals surface area contributed by atoms with Crippen molar-refractivity contribution in [3.8, 4) is 0 Å². The molecule has 0 aliphatic carbocycles. The fourth-order valence-electron chi connectivity index (χ4n) is 2.16. The van der Waals surface area contributed by atoms with Crippen LogP contribution in [-0.4, -0.2) is 48.5 Å². The third kappa shape index (κ3) is 2.91. The summed E-state index contributed by atoms with van der Waals surface area (Å²) in [5.74, 6) is 0.884. The highest BCUT2D eigenvalue weighted by Crippen LogP contribution is 2.23. The van der Waals surface area contributed by atoms with Crippen LogP contribution in [0.5, 0.6) is 0 Å². The van der Waals surface area contributed by atoms with E-state index in [0.717, 1.165) is 18.1 Å². The number of hydrogen-bond acceptors (Lipinski definition) is 5. The second-order valence-electron chi connectivity index (χ2n) is 4.57. The quantitative estimate of drug-likeness (QED) is 0.839. The molecule has 0 bridgehead atoms. The first-order valence-corrected chi connectivity index (χ1v) is 6.43. The number of nitrogens with zero attached hydrogens (tertiary/aromatic N) is 2. The van der Waals surface area contributed by atoms with E-state index in [1.165, 1.54) is 0 Å². The lowest BCUT2D eigenvalue weighted by molar-refractivity contribution is -0.0103. The van der Waals surface area contributed by atoms with Crippen LogP contribution in [0.15, 0.2) is 18.3 Å². The molecule has 1 aromatic rings. The summed E-state index contributed by atoms with van der Waals surface area (Å²) in [5.41, 5.74) is 1.12. The van der Waals surface area contributed by atoms with E-state index in [0.29, 0.717) is 19.2 Å². The van der Waals surface area contributed by atoms with Gasteiger partial charge in [0.05, 0.1) is 19.3 Å². The Morgan fingerprint density at radius 3 is 3.17 bits per heavy atom. The van der Waals surface area contributed by atoms with E-state index in [9.17, 15) is 5.11 Å². The van der Waals surface area contributed by atoms with Crippen molar-refractivity contribution in [1.29, 1.82) is 0 Å². The van der Waals surface area contributed by atoms with Crippen LogP contribution in [0.2, 0.25) is 0 Å². The largest absolute Gasteiger partial charge is 0.394 e. The molecule has 0 radical (unpaired) electrons. The number of hydrogen-bond donors (Lipinski definition) is 2. The Morgan fingerprint density at radius 2 is 2.44 bits per heavy atom. The molecular weight excluding hydrogens is 230 g/mol. The molecule has 1 saturated heterocycles. The summed E-state index contributed by atoms with van der Waals surface area (Å²) in [5, 5.41) is 12.4. The number of aliphatic hydroxyl groups is 1. The summed E-state index contributed by atoms with van der Waals surface area (Å²) in [6.45, 7) is 6.45. The Labute approximate surface area is 108 Å². The van der Waals surface area contributed by atoms with Crippen LogP contribution in [0, 0.1) is 0 Å². The molecule has 1 aromatic heterocycles. The Morgan fingerprint density at radius 1 is 1.61 bits per heavy atom. The van der Waals surface area contributed by atoms with Gasteiger partial charge in [-0.25, -0.2) is 4.98 Å². The van der Waals surface area contributed by atoms with Crippen LogP contribution in [0.3, 0.4) is 0 Å². The van der Waals surface area contributed by atoms with Crippen LogP contribution >= 0.6 is 0 Å². The van der Waals surface area contributed by atoms with Gasteiger partial charge in [-0.05, 0) is 19.9 Å². The zero-order chi connectivity index (χ0) is 13.0. The molecule has 2 atom stereocenters. The van der Waals surface area contributed by atoms with Crippen molar-refractivity contribution in [2.75, 3.05) is 36.5 Å². The fraction of sp³-hybridized carbons (Fsp3) is 0.615. The lowest BCUT2D eigenvalue weighted by atomic mass is 10.1. The highest BCUT2D eigenvalue weighted by Gasteiger charge is 2.25. The van der Waals surface area contributed by atoms with Crippen LogP contribution in [-0.2, 0) is 4.74 Å². The monoisotopic (exact) mass is 251 g/mol. The smallest absolute Gasteiger partial charge is 0.127 e. The molecule has 1 aliphatic rings. The van der Waals surface area contributed by atoms with Crippen LogP contribution in [0.4, 0.5) is 11.5 Å². The van der Waals surface area contributed by atoms with Crippen molar-refractivity contribution in [1.82, 2.24) is 4.98 Å². The number of rotatable bonds is 4. The normalized spacial score (nSPS) is 24.1. The minimum atomic E-state index is -0.100. The SMILES string of the molecule is CCNc1cc(N2CC(CO)OCC2C)ccn1. The van der Waals surface area contributed by atoms with Crippen molar-refractivity contribution < 1.29 is 9.84 Å². The minimum Gasteiger partial charge on any atom is -0.394 e. The van der Waals surface area contributed by atoms with Crippen molar-refractivity contribution in [3.63, 3.8) is 0 Å². The number of anilines is 2. The van der Waals surface area contributed by atoms with E-state index in [1.807, 2.05) is 25.3 Å². The minimum absolute atomic E-state index is 0.0639. The van der Waals surface area contributed by atoms with Gasteiger partial charge >= 0.3 is 0 Å². The lowest BCUT2D eigenvalue weighted by Crippen LogP contribution is -2.49. The molecule has 2 rings (SSSR count). The average Bonchev–Trinajstić information content (AvgIpc) is 2.40. The van der Waals surface area contributed by atoms with Gasteiger partial charge in [0.15, 0.2) is 0 Å². The summed E-state index contributed by atoms with van der Waals surface area (Å²) < 4.78 is 5.55. The molecule has 1 fully saturated rings. The molecule has 18 heavy (non-hydrogen) atoms. The number of nitrogens with one attached hydrogen (secondary N) is 1. The number of aliphatic hydroxyl groups excluding tert-OH is 1. The summed E-state index contributed by atoms with van der Waals surface area (Å²) in [6.07, 6.45) is 1.71. The van der Waals surface area contributed by atoms with Crippen molar-refractivity contribution >= 4 is 11.5 Å². The van der Waals surface area contributed by atoms with Gasteiger partial charge in [-0.1, -0.05) is 0 Å². The second-order valence-corrected chi connectivity index (χ2v) is 4.57. The summed E-state index contributed by atoms with van der Waals surface area (Å²) in [6, 6.07) is 4.35. The molecular formula is C13H21N3O2. The van der Waals surface area contributed by atoms with Gasteiger partial charge in [-0.3, -0.25) is 0 Å². The van der Waals surface area contributed by atoms with Gasteiger partial charge in [0, 0.05) is 37.1 Å². The van der Waals surface area contributed by atoms with Gasteiger partial charge in [-0.15, -0.1) is 0 Å². The standard InChI is InChI=1S/C13H21N3O2/c1-3-14-13-6-11(4-5-15-13)16-7-12(8-17)18-9-10(16)2/h4-6,10,12,17H,3,7-9H2,1-2H3,(H,14,15).